The van der Waals surface area contributed by atoms with Crippen molar-refractivity contribution in [2.45, 2.75) is 27.2 Å². The Labute approximate surface area is 169 Å². The summed E-state index contributed by atoms with van der Waals surface area (Å²) in [5.74, 6) is 0.987. The van der Waals surface area contributed by atoms with Crippen LogP contribution in [0, 0.1) is 5.92 Å². The van der Waals surface area contributed by atoms with Crippen LogP contribution in [0.4, 0.5) is 4.79 Å². The Morgan fingerprint density at radius 2 is 2.04 bits per heavy atom. The Morgan fingerprint density at radius 1 is 1.29 bits per heavy atom. The Kier molecular flexibility index (Phi) is 7.92. The summed E-state index contributed by atoms with van der Waals surface area (Å²) in [7, 11) is 1.54. The monoisotopic (exact) mass is 406 g/mol. The van der Waals surface area contributed by atoms with Gasteiger partial charge in [-0.2, -0.15) is 0 Å². The number of hydrogen-bond acceptors (Lipinski definition) is 6. The molecule has 0 atom stereocenters. The number of methoxy groups -OCH3 is 1. The highest BCUT2D eigenvalue weighted by Crippen LogP contribution is 2.34. The zero-order valence-electron chi connectivity index (χ0n) is 16.6. The van der Waals surface area contributed by atoms with E-state index in [1.54, 1.807) is 31.4 Å². The molecule has 1 N–H and O–H groups in total. The first kappa shape index (κ1) is 21.8. The van der Waals surface area contributed by atoms with Gasteiger partial charge in [0.2, 0.25) is 5.91 Å². The van der Waals surface area contributed by atoms with Gasteiger partial charge >= 0.3 is 0 Å². The predicted molar refractivity (Wildman–Crippen MR) is 109 cm³/mol. The Morgan fingerprint density at radius 3 is 2.68 bits per heavy atom. The fraction of sp³-hybridized carbons (Fsp3) is 0.450. The molecule has 0 aliphatic carbocycles. The van der Waals surface area contributed by atoms with Gasteiger partial charge in [0.05, 0.1) is 18.6 Å². The maximum Gasteiger partial charge on any atom is 0.293 e. The molecular weight excluding hydrogens is 380 g/mol. The van der Waals surface area contributed by atoms with Gasteiger partial charge in [-0.1, -0.05) is 19.9 Å². The summed E-state index contributed by atoms with van der Waals surface area (Å²) in [5.41, 5.74) is 0.732. The Balaban J connectivity index is 2.03. The van der Waals surface area contributed by atoms with Crippen molar-refractivity contribution in [3.8, 4) is 11.5 Å². The third-order valence-corrected chi connectivity index (χ3v) is 4.82. The first-order valence-electron chi connectivity index (χ1n) is 9.18. The van der Waals surface area contributed by atoms with Crippen molar-refractivity contribution in [1.82, 2.24) is 10.2 Å². The van der Waals surface area contributed by atoms with Crippen LogP contribution >= 0.6 is 11.8 Å². The number of nitrogens with one attached hydrogen (secondary N) is 1. The zero-order valence-corrected chi connectivity index (χ0v) is 17.4. The molecular formula is C20H26N2O5S. The van der Waals surface area contributed by atoms with Crippen LogP contribution in [0.25, 0.3) is 6.08 Å². The van der Waals surface area contributed by atoms with Gasteiger partial charge in [0.15, 0.2) is 11.5 Å². The second-order valence-corrected chi connectivity index (χ2v) is 7.62. The van der Waals surface area contributed by atoms with Crippen molar-refractivity contribution >= 4 is 34.9 Å². The fourth-order valence-electron chi connectivity index (χ4n) is 2.64. The summed E-state index contributed by atoms with van der Waals surface area (Å²) in [6.45, 7) is 6.70. The van der Waals surface area contributed by atoms with Gasteiger partial charge in [0.1, 0.15) is 0 Å². The highest BCUT2D eigenvalue weighted by molar-refractivity contribution is 8.18. The molecule has 0 aromatic heterocycles. The molecule has 1 fully saturated rings. The lowest BCUT2D eigenvalue weighted by Crippen LogP contribution is -2.37. The van der Waals surface area contributed by atoms with Crippen molar-refractivity contribution in [3.05, 3.63) is 28.7 Å². The predicted octanol–water partition coefficient (Wildman–Crippen LogP) is 3.29. The van der Waals surface area contributed by atoms with Gasteiger partial charge < -0.3 is 14.8 Å². The molecule has 2 rings (SSSR count). The minimum atomic E-state index is -0.360. The van der Waals surface area contributed by atoms with Gasteiger partial charge in [-0.25, -0.2) is 0 Å². The zero-order chi connectivity index (χ0) is 20.7. The number of thioether (sulfide) groups is 1. The molecule has 1 aromatic rings. The molecule has 1 heterocycles. The maximum absolute atomic E-state index is 12.5. The van der Waals surface area contributed by atoms with Crippen LogP contribution in [0.2, 0.25) is 0 Å². The molecule has 0 bridgehead atoms. The number of ether oxygens (including phenoxy) is 2. The average molecular weight is 407 g/mol. The lowest BCUT2D eigenvalue weighted by molar-refractivity contribution is -0.124. The quantitative estimate of drug-likeness (QED) is 0.634. The molecule has 1 aliphatic heterocycles. The minimum Gasteiger partial charge on any atom is -0.493 e. The van der Waals surface area contributed by atoms with Crippen LogP contribution in [0.1, 0.15) is 32.8 Å². The van der Waals surface area contributed by atoms with Gasteiger partial charge in [0.25, 0.3) is 11.1 Å². The third kappa shape index (κ3) is 5.76. The van der Waals surface area contributed by atoms with Crippen LogP contribution in [-0.2, 0) is 9.59 Å². The average Bonchev–Trinajstić information content (AvgIpc) is 2.89. The fourth-order valence-corrected chi connectivity index (χ4v) is 3.51. The van der Waals surface area contributed by atoms with Gasteiger partial charge in [-0.15, -0.1) is 0 Å². The largest absolute Gasteiger partial charge is 0.493 e. The molecule has 0 saturated carbocycles. The van der Waals surface area contributed by atoms with Gasteiger partial charge in [-0.3, -0.25) is 19.3 Å². The molecule has 28 heavy (non-hydrogen) atoms. The van der Waals surface area contributed by atoms with E-state index in [1.165, 1.54) is 0 Å². The molecule has 0 spiro atoms. The van der Waals surface area contributed by atoms with Crippen molar-refractivity contribution in [2.75, 3.05) is 26.8 Å². The number of imide groups is 1. The van der Waals surface area contributed by atoms with Gasteiger partial charge in [-0.05, 0) is 48.4 Å². The molecule has 8 heteroatoms. The number of amides is 3. The lowest BCUT2D eigenvalue weighted by atomic mass is 10.1. The number of hydrogen-bond donors (Lipinski definition) is 1. The lowest BCUT2D eigenvalue weighted by Gasteiger charge is -2.13. The van der Waals surface area contributed by atoms with E-state index in [4.69, 9.17) is 9.47 Å². The van der Waals surface area contributed by atoms with E-state index in [9.17, 15) is 14.4 Å². The molecule has 7 nitrogen and oxygen atoms in total. The van der Waals surface area contributed by atoms with Crippen LogP contribution < -0.4 is 14.8 Å². The van der Waals surface area contributed by atoms with Crippen molar-refractivity contribution in [3.63, 3.8) is 0 Å². The van der Waals surface area contributed by atoms with E-state index in [2.05, 4.69) is 5.32 Å². The molecule has 152 valence electrons. The van der Waals surface area contributed by atoms with Crippen molar-refractivity contribution in [1.29, 1.82) is 0 Å². The molecule has 0 radical (unpaired) electrons. The maximum atomic E-state index is 12.5. The van der Waals surface area contributed by atoms with E-state index in [-0.39, 0.29) is 36.1 Å². The SMILES string of the molecule is CCOc1ccc(C=C2SC(=O)N(CCNC(=O)CC(C)C)C2=O)cc1OC. The van der Waals surface area contributed by atoms with Crippen molar-refractivity contribution < 1.29 is 23.9 Å². The Bertz CT molecular complexity index is 776. The van der Waals surface area contributed by atoms with E-state index >= 15 is 0 Å². The Hall–Kier alpha value is -2.48. The number of carbonyl (C=O) groups is 3. The molecule has 1 aromatic carbocycles. The summed E-state index contributed by atoms with van der Waals surface area (Å²) < 4.78 is 10.8. The first-order valence-corrected chi connectivity index (χ1v) is 10.00. The molecule has 1 saturated heterocycles. The molecule has 0 unspecified atom stereocenters. The van der Waals surface area contributed by atoms with Gasteiger partial charge in [0, 0.05) is 19.5 Å². The molecule has 3 amide bonds. The van der Waals surface area contributed by atoms with Crippen LogP contribution in [0.15, 0.2) is 23.1 Å². The second-order valence-electron chi connectivity index (χ2n) is 6.62. The number of carbonyl (C=O) groups excluding carboxylic acids is 3. The smallest absolute Gasteiger partial charge is 0.293 e. The summed E-state index contributed by atoms with van der Waals surface area (Å²) in [4.78, 5) is 37.9. The van der Waals surface area contributed by atoms with Crippen LogP contribution in [0.3, 0.4) is 0 Å². The first-order chi connectivity index (χ1) is 13.3. The summed E-state index contributed by atoms with van der Waals surface area (Å²) in [5, 5.41) is 2.40. The second kappa shape index (κ2) is 10.2. The van der Waals surface area contributed by atoms with E-state index in [1.807, 2.05) is 20.8 Å². The van der Waals surface area contributed by atoms with Crippen molar-refractivity contribution in [2.24, 2.45) is 5.92 Å². The third-order valence-electron chi connectivity index (χ3n) is 3.91. The number of nitrogens with zero attached hydrogens (tertiary/aromatic N) is 1. The highest BCUT2D eigenvalue weighted by atomic mass is 32.2. The van der Waals surface area contributed by atoms with E-state index < -0.39 is 0 Å². The van der Waals surface area contributed by atoms with Crippen LogP contribution in [-0.4, -0.2) is 48.8 Å². The summed E-state index contributed by atoms with van der Waals surface area (Å²) in [6.07, 6.45) is 2.07. The minimum absolute atomic E-state index is 0.0843. The normalized spacial score (nSPS) is 15.5. The number of rotatable bonds is 9. The standard InChI is InChI=1S/C20H26N2O5S/c1-5-27-15-7-6-14(11-16(15)26-4)12-17-19(24)22(20(25)28-17)9-8-21-18(23)10-13(2)3/h6-7,11-13H,5,8-10H2,1-4H3,(H,21,23). The summed E-state index contributed by atoms with van der Waals surface area (Å²) >= 11 is 0.888. The van der Waals surface area contributed by atoms with Crippen LogP contribution in [0.5, 0.6) is 11.5 Å². The van der Waals surface area contributed by atoms with E-state index in [0.717, 1.165) is 22.2 Å². The van der Waals surface area contributed by atoms with E-state index in [0.29, 0.717) is 29.4 Å². The summed E-state index contributed by atoms with van der Waals surface area (Å²) in [6, 6.07) is 5.32. The highest BCUT2D eigenvalue weighted by Gasteiger charge is 2.34. The topological polar surface area (TPSA) is 84.9 Å². The molecule has 1 aliphatic rings. The number of benzene rings is 1.